The molecule has 1 N–H and O–H groups in total. The second-order valence-electron chi connectivity index (χ2n) is 8.87. The van der Waals surface area contributed by atoms with Gasteiger partial charge in [-0.15, -0.1) is 0 Å². The Labute approximate surface area is 212 Å². The van der Waals surface area contributed by atoms with Gasteiger partial charge in [-0.05, 0) is 94.6 Å². The summed E-state index contributed by atoms with van der Waals surface area (Å²) in [4.78, 5) is 6.96. The number of anilines is 3. The van der Waals surface area contributed by atoms with Crippen LogP contribution in [0.25, 0.3) is 0 Å². The largest absolute Gasteiger partial charge is 0.376 e. The highest BCUT2D eigenvalue weighted by Gasteiger charge is 2.34. The standard InChI is InChI=1S/C31H43N3O/c1-7-32(8-2)28-19-13-25(14-20-28)31(35,26-15-21-29(22-16-26)33(9-3)10-4)27-17-23-30(24-18-27)34(11-5)12-6/h13-24,35H,7-12H2,1-6H3. The number of aliphatic hydroxyl groups is 1. The molecule has 0 heterocycles. The lowest BCUT2D eigenvalue weighted by Gasteiger charge is -2.32. The molecule has 4 nitrogen and oxygen atoms in total. The molecule has 0 aliphatic rings. The van der Waals surface area contributed by atoms with Crippen LogP contribution in [-0.4, -0.2) is 44.4 Å². The summed E-state index contributed by atoms with van der Waals surface area (Å²) in [6.07, 6.45) is 0. The van der Waals surface area contributed by atoms with Crippen LogP contribution in [0.4, 0.5) is 17.1 Å². The van der Waals surface area contributed by atoms with Gasteiger partial charge in [0.2, 0.25) is 0 Å². The lowest BCUT2D eigenvalue weighted by Crippen LogP contribution is -2.30. The second kappa shape index (κ2) is 12.1. The van der Waals surface area contributed by atoms with Gasteiger partial charge in [-0.1, -0.05) is 36.4 Å². The molecule has 0 saturated heterocycles. The Morgan fingerprint density at radius 2 is 0.629 bits per heavy atom. The first-order valence-corrected chi connectivity index (χ1v) is 13.2. The van der Waals surface area contributed by atoms with E-state index < -0.39 is 5.60 Å². The number of nitrogens with zero attached hydrogens (tertiary/aromatic N) is 3. The first-order valence-electron chi connectivity index (χ1n) is 13.2. The van der Waals surface area contributed by atoms with E-state index in [1.54, 1.807) is 0 Å². The van der Waals surface area contributed by atoms with Gasteiger partial charge in [0, 0.05) is 56.3 Å². The predicted octanol–water partition coefficient (Wildman–Crippen LogP) is 6.51. The minimum atomic E-state index is -1.24. The molecule has 0 radical (unpaired) electrons. The van der Waals surface area contributed by atoms with Crippen LogP contribution in [0.5, 0.6) is 0 Å². The van der Waals surface area contributed by atoms with Gasteiger partial charge in [0.15, 0.2) is 0 Å². The Morgan fingerprint density at radius 3 is 0.800 bits per heavy atom. The highest BCUT2D eigenvalue weighted by Crippen LogP contribution is 2.39. The minimum Gasteiger partial charge on any atom is -0.376 e. The normalized spacial score (nSPS) is 11.4. The summed E-state index contributed by atoms with van der Waals surface area (Å²) < 4.78 is 0. The van der Waals surface area contributed by atoms with Gasteiger partial charge >= 0.3 is 0 Å². The average Bonchev–Trinajstić information content (AvgIpc) is 2.91. The lowest BCUT2D eigenvalue weighted by molar-refractivity contribution is 0.126. The highest BCUT2D eigenvalue weighted by molar-refractivity contribution is 5.57. The van der Waals surface area contributed by atoms with E-state index in [-0.39, 0.29) is 0 Å². The summed E-state index contributed by atoms with van der Waals surface area (Å²) >= 11 is 0. The molecule has 0 fully saturated rings. The Bertz CT molecular complexity index is 882. The van der Waals surface area contributed by atoms with Crippen LogP contribution in [0.1, 0.15) is 58.2 Å². The van der Waals surface area contributed by atoms with Crippen LogP contribution in [0.3, 0.4) is 0 Å². The van der Waals surface area contributed by atoms with Crippen molar-refractivity contribution in [3.05, 3.63) is 89.5 Å². The fourth-order valence-electron chi connectivity index (χ4n) is 5.01. The molecule has 0 aliphatic heterocycles. The van der Waals surface area contributed by atoms with Crippen LogP contribution in [0, 0.1) is 0 Å². The molecule has 0 aliphatic carbocycles. The van der Waals surface area contributed by atoms with Gasteiger partial charge in [-0.25, -0.2) is 0 Å². The molecule has 0 spiro atoms. The summed E-state index contributed by atoms with van der Waals surface area (Å²) in [5.74, 6) is 0. The van der Waals surface area contributed by atoms with Crippen LogP contribution < -0.4 is 14.7 Å². The van der Waals surface area contributed by atoms with Crippen molar-refractivity contribution in [2.75, 3.05) is 54.0 Å². The molecule has 0 aromatic heterocycles. The molecular formula is C31H43N3O. The molecule has 3 aromatic rings. The van der Waals surface area contributed by atoms with Crippen molar-refractivity contribution < 1.29 is 5.11 Å². The summed E-state index contributed by atoms with van der Waals surface area (Å²) in [6, 6.07) is 25.2. The molecule has 0 unspecified atom stereocenters. The molecule has 4 heteroatoms. The quantitative estimate of drug-likeness (QED) is 0.304. The minimum absolute atomic E-state index is 0.875. The first-order chi connectivity index (χ1) is 17.0. The van der Waals surface area contributed by atoms with E-state index in [2.05, 4.69) is 129 Å². The monoisotopic (exact) mass is 473 g/mol. The summed E-state index contributed by atoms with van der Waals surface area (Å²) in [7, 11) is 0. The summed E-state index contributed by atoms with van der Waals surface area (Å²) in [5.41, 5.74) is 4.91. The second-order valence-corrected chi connectivity index (χ2v) is 8.87. The molecule has 0 atom stereocenters. The van der Waals surface area contributed by atoms with Crippen LogP contribution in [0.2, 0.25) is 0 Å². The zero-order valence-corrected chi connectivity index (χ0v) is 22.5. The van der Waals surface area contributed by atoms with Gasteiger partial charge in [-0.2, -0.15) is 0 Å². The van der Waals surface area contributed by atoms with E-state index in [0.717, 1.165) is 56.0 Å². The van der Waals surface area contributed by atoms with Gasteiger partial charge in [0.25, 0.3) is 0 Å². The fourth-order valence-corrected chi connectivity index (χ4v) is 5.01. The Morgan fingerprint density at radius 1 is 0.429 bits per heavy atom. The molecule has 3 aromatic carbocycles. The van der Waals surface area contributed by atoms with E-state index in [4.69, 9.17) is 0 Å². The van der Waals surface area contributed by atoms with Crippen molar-refractivity contribution in [3.63, 3.8) is 0 Å². The maximum atomic E-state index is 12.4. The third-order valence-electron chi connectivity index (χ3n) is 7.24. The Balaban J connectivity index is 2.10. The number of hydrogen-bond acceptors (Lipinski definition) is 4. The van der Waals surface area contributed by atoms with E-state index in [9.17, 15) is 5.11 Å². The van der Waals surface area contributed by atoms with Gasteiger partial charge in [0.1, 0.15) is 5.60 Å². The summed E-state index contributed by atoms with van der Waals surface area (Å²) in [5, 5.41) is 12.4. The first kappa shape index (κ1) is 26.6. The van der Waals surface area contributed by atoms with Gasteiger partial charge in [-0.3, -0.25) is 0 Å². The predicted molar refractivity (Wildman–Crippen MR) is 152 cm³/mol. The maximum Gasteiger partial charge on any atom is 0.140 e. The zero-order valence-electron chi connectivity index (χ0n) is 22.5. The van der Waals surface area contributed by atoms with Crippen molar-refractivity contribution >= 4 is 17.1 Å². The Kier molecular flexibility index (Phi) is 9.22. The van der Waals surface area contributed by atoms with E-state index >= 15 is 0 Å². The molecule has 0 amide bonds. The molecule has 188 valence electrons. The number of hydrogen-bond donors (Lipinski definition) is 1. The zero-order chi connectivity index (χ0) is 25.4. The SMILES string of the molecule is CCN(CC)c1ccc(C(O)(c2ccc(N(CC)CC)cc2)c2ccc(N(CC)CC)cc2)cc1. The van der Waals surface area contributed by atoms with Crippen molar-refractivity contribution in [1.82, 2.24) is 0 Å². The van der Waals surface area contributed by atoms with E-state index in [1.807, 2.05) is 0 Å². The fraction of sp³-hybridized carbons (Fsp3) is 0.419. The lowest BCUT2D eigenvalue weighted by atomic mass is 9.80. The molecule has 3 rings (SSSR count). The van der Waals surface area contributed by atoms with Crippen LogP contribution in [0.15, 0.2) is 72.8 Å². The van der Waals surface area contributed by atoms with E-state index in [0.29, 0.717) is 0 Å². The maximum absolute atomic E-state index is 12.4. The van der Waals surface area contributed by atoms with E-state index in [1.165, 1.54) is 17.1 Å². The van der Waals surface area contributed by atoms with Crippen molar-refractivity contribution in [1.29, 1.82) is 0 Å². The molecule has 0 bridgehead atoms. The van der Waals surface area contributed by atoms with Gasteiger partial charge in [0.05, 0.1) is 0 Å². The van der Waals surface area contributed by atoms with Crippen molar-refractivity contribution in [2.45, 2.75) is 47.1 Å². The smallest absolute Gasteiger partial charge is 0.140 e. The molecular weight excluding hydrogens is 430 g/mol. The Hall–Kier alpha value is -2.98. The molecule has 0 saturated carbocycles. The highest BCUT2D eigenvalue weighted by atomic mass is 16.3. The van der Waals surface area contributed by atoms with Crippen molar-refractivity contribution in [2.24, 2.45) is 0 Å². The van der Waals surface area contributed by atoms with Crippen molar-refractivity contribution in [3.8, 4) is 0 Å². The van der Waals surface area contributed by atoms with Gasteiger partial charge < -0.3 is 19.8 Å². The number of rotatable bonds is 12. The summed E-state index contributed by atoms with van der Waals surface area (Å²) in [6.45, 7) is 18.8. The topological polar surface area (TPSA) is 30.0 Å². The average molecular weight is 474 g/mol. The third kappa shape index (κ3) is 5.48. The molecule has 35 heavy (non-hydrogen) atoms. The van der Waals surface area contributed by atoms with Crippen LogP contribution in [-0.2, 0) is 5.60 Å². The number of benzene rings is 3. The van der Waals surface area contributed by atoms with Crippen LogP contribution >= 0.6 is 0 Å². The third-order valence-corrected chi connectivity index (χ3v) is 7.24.